The lowest BCUT2D eigenvalue weighted by Gasteiger charge is -2.25. The third-order valence-electron chi connectivity index (χ3n) is 4.46. The molecule has 3 aromatic carbocycles. The highest BCUT2D eigenvalue weighted by Gasteiger charge is 2.40. The fourth-order valence-corrected chi connectivity index (χ4v) is 5.35. The van der Waals surface area contributed by atoms with Gasteiger partial charge in [0.1, 0.15) is 6.04 Å². The molecule has 1 aliphatic heterocycles. The van der Waals surface area contributed by atoms with Crippen molar-refractivity contribution in [2.24, 2.45) is 0 Å². The lowest BCUT2D eigenvalue weighted by atomic mass is 10.1. The number of rotatable bonds is 3. The fraction of sp³-hybridized carbons (Fsp3) is 0.105. The van der Waals surface area contributed by atoms with Gasteiger partial charge in [0.05, 0.1) is 10.6 Å². The van der Waals surface area contributed by atoms with E-state index in [0.29, 0.717) is 16.8 Å². The van der Waals surface area contributed by atoms with E-state index < -0.39 is 16.1 Å². The second-order valence-corrected chi connectivity index (χ2v) is 8.80. The number of hydrogen-bond acceptors (Lipinski definition) is 3. The third-order valence-corrected chi connectivity index (χ3v) is 6.92. The maximum atomic E-state index is 13.0. The van der Waals surface area contributed by atoms with Gasteiger partial charge >= 0.3 is 0 Å². The Labute approximate surface area is 159 Å². The van der Waals surface area contributed by atoms with E-state index in [1.54, 1.807) is 43.3 Å². The third kappa shape index (κ3) is 2.59. The number of nitrogens with zero attached hydrogens (tertiary/aromatic N) is 1. The molecule has 1 amide bonds. The Morgan fingerprint density at radius 3 is 2.38 bits per heavy atom. The highest BCUT2D eigenvalue weighted by Crippen LogP contribution is 2.43. The zero-order chi connectivity index (χ0) is 18.5. The molecule has 0 radical (unpaired) electrons. The molecule has 0 spiro atoms. The minimum Gasteiger partial charge on any atom is -0.324 e. The monoisotopic (exact) mass is 430 g/mol. The van der Waals surface area contributed by atoms with E-state index in [4.69, 9.17) is 0 Å². The number of carbonyl (C=O) groups is 1. The van der Waals surface area contributed by atoms with Crippen molar-refractivity contribution in [2.75, 3.05) is 9.62 Å². The van der Waals surface area contributed by atoms with E-state index >= 15 is 0 Å². The highest BCUT2D eigenvalue weighted by atomic mass is 79.9. The van der Waals surface area contributed by atoms with E-state index in [1.807, 2.05) is 24.3 Å². The van der Waals surface area contributed by atoms with E-state index in [0.717, 1.165) is 9.86 Å². The van der Waals surface area contributed by atoms with Gasteiger partial charge in [-0.05, 0) is 48.7 Å². The molecule has 0 bridgehead atoms. The van der Waals surface area contributed by atoms with Crippen LogP contribution in [-0.2, 0) is 14.8 Å². The fourth-order valence-electron chi connectivity index (χ4n) is 3.22. The number of sulfonamides is 1. The first-order valence-electron chi connectivity index (χ1n) is 8.02. The first-order valence-corrected chi connectivity index (χ1v) is 10.3. The van der Waals surface area contributed by atoms with Gasteiger partial charge in [-0.2, -0.15) is 0 Å². The van der Waals surface area contributed by atoms with Crippen LogP contribution in [0.2, 0.25) is 0 Å². The summed E-state index contributed by atoms with van der Waals surface area (Å²) in [5.74, 6) is -0.388. The smallest absolute Gasteiger partial charge is 0.265 e. The Bertz CT molecular complexity index is 1120. The molecule has 4 rings (SSSR count). The van der Waals surface area contributed by atoms with Gasteiger partial charge < -0.3 is 5.32 Å². The molecular formula is C19H15BrN2O3S. The van der Waals surface area contributed by atoms with Crippen molar-refractivity contribution in [3.63, 3.8) is 0 Å². The predicted molar refractivity (Wildman–Crippen MR) is 106 cm³/mol. The van der Waals surface area contributed by atoms with Crippen LogP contribution in [0, 0.1) is 0 Å². The highest BCUT2D eigenvalue weighted by molar-refractivity contribution is 9.10. The summed E-state index contributed by atoms with van der Waals surface area (Å²) in [6, 6.07) is 16.8. The van der Waals surface area contributed by atoms with Crippen molar-refractivity contribution < 1.29 is 13.2 Å². The van der Waals surface area contributed by atoms with Crippen molar-refractivity contribution in [3.8, 4) is 0 Å². The van der Waals surface area contributed by atoms with Gasteiger partial charge in [-0.3, -0.25) is 9.10 Å². The first kappa shape index (κ1) is 17.1. The molecule has 0 fully saturated rings. The number of hydrogen-bond donors (Lipinski definition) is 1. The molecule has 26 heavy (non-hydrogen) atoms. The summed E-state index contributed by atoms with van der Waals surface area (Å²) in [5.41, 5.74) is 1.15. The van der Waals surface area contributed by atoms with Gasteiger partial charge in [-0.15, -0.1) is 0 Å². The van der Waals surface area contributed by atoms with Gasteiger partial charge in [0.15, 0.2) is 0 Å². The molecule has 0 saturated heterocycles. The van der Waals surface area contributed by atoms with Crippen LogP contribution >= 0.6 is 15.9 Å². The van der Waals surface area contributed by atoms with Gasteiger partial charge in [0, 0.05) is 15.5 Å². The second kappa shape index (κ2) is 6.10. The molecule has 1 heterocycles. The summed E-state index contributed by atoms with van der Waals surface area (Å²) >= 11 is 3.34. The number of carbonyl (C=O) groups excluding carboxylic acids is 1. The molecule has 0 aliphatic carbocycles. The van der Waals surface area contributed by atoms with Gasteiger partial charge in [-0.1, -0.05) is 40.2 Å². The van der Waals surface area contributed by atoms with Crippen molar-refractivity contribution in [1.82, 2.24) is 0 Å². The van der Waals surface area contributed by atoms with E-state index in [-0.39, 0.29) is 10.8 Å². The average Bonchev–Trinajstić information content (AvgIpc) is 2.85. The summed E-state index contributed by atoms with van der Waals surface area (Å²) < 4.78 is 28.2. The number of anilines is 2. The van der Waals surface area contributed by atoms with E-state index in [1.165, 1.54) is 4.31 Å². The molecule has 0 aromatic heterocycles. The van der Waals surface area contributed by atoms with Gasteiger partial charge in [-0.25, -0.2) is 8.42 Å². The zero-order valence-corrected chi connectivity index (χ0v) is 16.2. The summed E-state index contributed by atoms with van der Waals surface area (Å²) in [4.78, 5) is 13.0. The van der Waals surface area contributed by atoms with Crippen LogP contribution in [0.15, 0.2) is 70.0 Å². The topological polar surface area (TPSA) is 66.5 Å². The number of halogens is 1. The summed E-state index contributed by atoms with van der Waals surface area (Å²) in [5, 5.41) is 4.28. The molecule has 0 saturated carbocycles. The lowest BCUT2D eigenvalue weighted by Crippen LogP contribution is -2.43. The number of nitrogens with one attached hydrogen (secondary N) is 1. The molecule has 1 atom stereocenters. The molecule has 1 N–H and O–H groups in total. The molecule has 5 nitrogen and oxygen atoms in total. The van der Waals surface area contributed by atoms with Crippen LogP contribution in [-0.4, -0.2) is 20.4 Å². The Morgan fingerprint density at radius 1 is 1.04 bits per heavy atom. The van der Waals surface area contributed by atoms with Crippen LogP contribution < -0.4 is 9.62 Å². The van der Waals surface area contributed by atoms with Crippen LogP contribution in [0.5, 0.6) is 0 Å². The molecule has 7 heteroatoms. The summed E-state index contributed by atoms with van der Waals surface area (Å²) in [6.07, 6.45) is 0. The van der Waals surface area contributed by atoms with E-state index in [2.05, 4.69) is 21.2 Å². The number of amides is 1. The van der Waals surface area contributed by atoms with Crippen LogP contribution in [0.1, 0.15) is 6.92 Å². The molecule has 1 aliphatic rings. The Morgan fingerprint density at radius 2 is 1.69 bits per heavy atom. The Balaban J connectivity index is 1.72. The SMILES string of the molecule is C[C@H](C(=O)Nc1ccc(Br)cc1)N1c2cccc3cccc(c23)S1(=O)=O. The minimum absolute atomic E-state index is 0.244. The quantitative estimate of drug-likeness (QED) is 0.678. The van der Waals surface area contributed by atoms with Crippen molar-refractivity contribution in [1.29, 1.82) is 0 Å². The summed E-state index contributed by atoms with van der Waals surface area (Å²) in [6.45, 7) is 1.59. The molecule has 0 unspecified atom stereocenters. The van der Waals surface area contributed by atoms with E-state index in [9.17, 15) is 13.2 Å². The lowest BCUT2D eigenvalue weighted by molar-refractivity contribution is -0.116. The second-order valence-electron chi connectivity index (χ2n) is 6.10. The van der Waals surface area contributed by atoms with Crippen LogP contribution in [0.3, 0.4) is 0 Å². The minimum atomic E-state index is -3.78. The Kier molecular flexibility index (Phi) is 4.00. The van der Waals surface area contributed by atoms with Crippen molar-refractivity contribution in [3.05, 3.63) is 65.1 Å². The van der Waals surface area contributed by atoms with Gasteiger partial charge in [0.2, 0.25) is 5.91 Å². The molecular weight excluding hydrogens is 416 g/mol. The zero-order valence-electron chi connectivity index (χ0n) is 13.8. The largest absolute Gasteiger partial charge is 0.324 e. The predicted octanol–water partition coefficient (Wildman–Crippen LogP) is 4.14. The van der Waals surface area contributed by atoms with Crippen molar-refractivity contribution >= 4 is 54.0 Å². The van der Waals surface area contributed by atoms with Crippen molar-refractivity contribution in [2.45, 2.75) is 17.9 Å². The Hall–Kier alpha value is -2.38. The van der Waals surface area contributed by atoms with Gasteiger partial charge in [0.25, 0.3) is 10.0 Å². The number of benzene rings is 3. The van der Waals surface area contributed by atoms with Crippen LogP contribution in [0.25, 0.3) is 10.8 Å². The van der Waals surface area contributed by atoms with Crippen LogP contribution in [0.4, 0.5) is 11.4 Å². The standard InChI is InChI=1S/C19H15BrN2O3S/c1-12(19(23)21-15-10-8-14(20)9-11-15)22-16-6-2-4-13-5-3-7-17(18(13)16)26(22,24)25/h2-12H,1H3,(H,21,23)/t12-/m1/s1. The maximum Gasteiger partial charge on any atom is 0.265 e. The molecule has 3 aromatic rings. The first-order chi connectivity index (χ1) is 12.4. The maximum absolute atomic E-state index is 13.0. The normalized spacial score (nSPS) is 15.8. The summed E-state index contributed by atoms with van der Waals surface area (Å²) in [7, 11) is -3.78. The molecule has 132 valence electrons. The average molecular weight is 431 g/mol.